The Bertz CT molecular complexity index is 1720. The van der Waals surface area contributed by atoms with E-state index in [1.807, 2.05) is 0 Å². The molecular formula is C36H29N2+. The summed E-state index contributed by atoms with van der Waals surface area (Å²) in [5, 5.41) is 0. The molecule has 2 heterocycles. The van der Waals surface area contributed by atoms with Gasteiger partial charge in [0.2, 0.25) is 0 Å². The zero-order valence-corrected chi connectivity index (χ0v) is 21.7. The van der Waals surface area contributed by atoms with Crippen LogP contribution in [0.15, 0.2) is 140 Å². The summed E-state index contributed by atoms with van der Waals surface area (Å²) in [5.41, 5.74) is 10.8. The molecule has 0 fully saturated rings. The van der Waals surface area contributed by atoms with E-state index < -0.39 is 5.41 Å². The van der Waals surface area contributed by atoms with Crippen LogP contribution in [-0.2, 0) is 5.41 Å². The quantitative estimate of drug-likeness (QED) is 0.224. The molecular weight excluding hydrogens is 460 g/mol. The number of hydrogen-bond acceptors (Lipinski definition) is 0. The van der Waals surface area contributed by atoms with Gasteiger partial charge in [0.1, 0.15) is 16.8 Å². The summed E-state index contributed by atoms with van der Waals surface area (Å²) in [4.78, 5) is 0. The predicted octanol–water partition coefficient (Wildman–Crippen LogP) is 7.73. The van der Waals surface area contributed by atoms with Gasteiger partial charge in [-0.15, -0.1) is 0 Å². The van der Waals surface area contributed by atoms with E-state index >= 15 is 0 Å². The number of hydrogen-bond donors (Lipinski definition) is 0. The van der Waals surface area contributed by atoms with Crippen molar-refractivity contribution in [3.63, 3.8) is 0 Å². The summed E-state index contributed by atoms with van der Waals surface area (Å²) < 4.78 is 4.99. The Kier molecular flexibility index (Phi) is 5.16. The van der Waals surface area contributed by atoms with E-state index in [1.165, 1.54) is 56.4 Å². The first-order valence-corrected chi connectivity index (χ1v) is 13.2. The number of aryl methyl sites for hydroxylation is 1. The molecule has 1 aliphatic rings. The van der Waals surface area contributed by atoms with Gasteiger partial charge in [0.05, 0.1) is 5.56 Å². The molecule has 1 aromatic heterocycles. The van der Waals surface area contributed by atoms with Gasteiger partial charge in [0, 0.05) is 12.5 Å². The highest BCUT2D eigenvalue weighted by Gasteiger charge is 2.55. The normalized spacial score (nSPS) is 13.2. The molecule has 0 N–H and O–H groups in total. The van der Waals surface area contributed by atoms with Gasteiger partial charge >= 0.3 is 0 Å². The average molecular weight is 490 g/mol. The molecule has 0 bridgehead atoms. The lowest BCUT2D eigenvalue weighted by atomic mass is 9.68. The number of rotatable bonds is 4. The van der Waals surface area contributed by atoms with Crippen molar-refractivity contribution in [1.29, 1.82) is 0 Å². The third-order valence-electron chi connectivity index (χ3n) is 8.03. The molecule has 0 radical (unpaired) electrons. The SMILES string of the molecule is Cc1ccccc1-n1c(C)c2[n+](c1-c1ccccc1)-c1ccccc1C2(c1ccccc1)c1ccccc1. The van der Waals surface area contributed by atoms with Crippen LogP contribution < -0.4 is 4.57 Å². The van der Waals surface area contributed by atoms with Crippen molar-refractivity contribution in [3.05, 3.63) is 173 Å². The molecule has 2 heteroatoms. The molecule has 0 saturated heterocycles. The minimum absolute atomic E-state index is 0.458. The second-order valence-electron chi connectivity index (χ2n) is 10.1. The standard InChI is InChI=1S/C36H29N2/c1-26-16-12-14-24-32(26)37-27(2)34-36(29-19-8-4-9-20-29,30-21-10-5-11-22-30)31-23-13-15-25-33(31)38(34)35(37)28-17-6-3-7-18-28/h3-25H,1-2H3/q+1. The summed E-state index contributed by atoms with van der Waals surface area (Å²) in [5.74, 6) is 1.17. The Labute approximate surface area is 224 Å². The van der Waals surface area contributed by atoms with Gasteiger partial charge in [0.25, 0.3) is 5.82 Å². The van der Waals surface area contributed by atoms with Crippen LogP contribution in [0.3, 0.4) is 0 Å². The lowest BCUT2D eigenvalue weighted by molar-refractivity contribution is -0.586. The molecule has 0 spiro atoms. The number of imidazole rings is 1. The maximum atomic E-state index is 2.52. The van der Waals surface area contributed by atoms with Gasteiger partial charge in [0.15, 0.2) is 11.4 Å². The van der Waals surface area contributed by atoms with Crippen molar-refractivity contribution in [3.8, 4) is 22.8 Å². The Morgan fingerprint density at radius 1 is 0.553 bits per heavy atom. The Balaban J connectivity index is 1.72. The lowest BCUT2D eigenvalue weighted by Gasteiger charge is -2.30. The largest absolute Gasteiger partial charge is 0.299 e. The second-order valence-corrected chi connectivity index (χ2v) is 10.1. The topological polar surface area (TPSA) is 8.81 Å². The van der Waals surface area contributed by atoms with Crippen LogP contribution in [0.2, 0.25) is 0 Å². The van der Waals surface area contributed by atoms with E-state index in [9.17, 15) is 0 Å². The number of benzene rings is 5. The average Bonchev–Trinajstić information content (AvgIpc) is 3.45. The van der Waals surface area contributed by atoms with Gasteiger partial charge in [-0.1, -0.05) is 115 Å². The number of fused-ring (bicyclic) bond motifs is 3. The van der Waals surface area contributed by atoms with Gasteiger partial charge in [-0.25, -0.2) is 0 Å². The smallest absolute Gasteiger partial charge is 0.192 e. The summed E-state index contributed by atoms with van der Waals surface area (Å²) >= 11 is 0. The summed E-state index contributed by atoms with van der Waals surface area (Å²) in [6.07, 6.45) is 0. The van der Waals surface area contributed by atoms with E-state index in [0.717, 1.165) is 0 Å². The minimum Gasteiger partial charge on any atom is -0.192 e. The van der Waals surface area contributed by atoms with Crippen LogP contribution in [0.25, 0.3) is 22.8 Å². The Morgan fingerprint density at radius 2 is 1.08 bits per heavy atom. The van der Waals surface area contributed by atoms with Gasteiger partial charge in [-0.3, -0.25) is 0 Å². The fraction of sp³-hybridized carbons (Fsp3) is 0.0833. The zero-order chi connectivity index (χ0) is 25.7. The highest BCUT2D eigenvalue weighted by molar-refractivity contribution is 5.69. The fourth-order valence-corrected chi connectivity index (χ4v) is 6.50. The van der Waals surface area contributed by atoms with Crippen molar-refractivity contribution < 1.29 is 4.57 Å². The molecule has 0 atom stereocenters. The number of nitrogens with zero attached hydrogens (tertiary/aromatic N) is 2. The predicted molar refractivity (Wildman–Crippen MR) is 154 cm³/mol. The number of aromatic nitrogens is 2. The molecule has 0 amide bonds. The van der Waals surface area contributed by atoms with E-state index in [1.54, 1.807) is 0 Å². The lowest BCUT2D eigenvalue weighted by Crippen LogP contribution is -2.37. The molecule has 7 rings (SSSR count). The van der Waals surface area contributed by atoms with Crippen molar-refractivity contribution in [2.45, 2.75) is 19.3 Å². The van der Waals surface area contributed by atoms with Crippen LogP contribution >= 0.6 is 0 Å². The van der Waals surface area contributed by atoms with Crippen molar-refractivity contribution in [2.75, 3.05) is 0 Å². The van der Waals surface area contributed by atoms with Crippen LogP contribution in [-0.4, -0.2) is 4.57 Å². The maximum Gasteiger partial charge on any atom is 0.299 e. The Hall–Kier alpha value is -4.69. The highest BCUT2D eigenvalue weighted by Crippen LogP contribution is 2.51. The third-order valence-corrected chi connectivity index (χ3v) is 8.03. The monoisotopic (exact) mass is 489 g/mol. The molecule has 0 unspecified atom stereocenters. The molecule has 0 aliphatic carbocycles. The maximum absolute atomic E-state index is 2.52. The van der Waals surface area contributed by atoms with Crippen LogP contribution in [0, 0.1) is 13.8 Å². The summed E-state index contributed by atoms with van der Waals surface area (Å²) in [6.45, 7) is 4.49. The third kappa shape index (κ3) is 3.04. The van der Waals surface area contributed by atoms with Crippen molar-refractivity contribution >= 4 is 0 Å². The van der Waals surface area contributed by atoms with Gasteiger partial charge in [-0.05, 0) is 47.9 Å². The molecule has 5 aromatic carbocycles. The Morgan fingerprint density at radius 3 is 1.71 bits per heavy atom. The first-order valence-electron chi connectivity index (χ1n) is 13.2. The highest BCUT2D eigenvalue weighted by atomic mass is 15.2. The molecule has 6 aromatic rings. The zero-order valence-electron chi connectivity index (χ0n) is 21.7. The molecule has 2 nitrogen and oxygen atoms in total. The summed E-state index contributed by atoms with van der Waals surface area (Å²) in [6, 6.07) is 50.5. The van der Waals surface area contributed by atoms with Crippen molar-refractivity contribution in [2.24, 2.45) is 0 Å². The van der Waals surface area contributed by atoms with E-state index in [2.05, 4.69) is 163 Å². The van der Waals surface area contributed by atoms with Crippen LogP contribution in [0.1, 0.15) is 33.6 Å². The molecule has 182 valence electrons. The number of para-hydroxylation sites is 2. The summed E-state index contributed by atoms with van der Waals surface area (Å²) in [7, 11) is 0. The molecule has 38 heavy (non-hydrogen) atoms. The fourth-order valence-electron chi connectivity index (χ4n) is 6.50. The second kappa shape index (κ2) is 8.71. The van der Waals surface area contributed by atoms with Gasteiger partial charge in [-0.2, -0.15) is 9.13 Å². The van der Waals surface area contributed by atoms with E-state index in [0.29, 0.717) is 0 Å². The van der Waals surface area contributed by atoms with Crippen LogP contribution in [0.5, 0.6) is 0 Å². The minimum atomic E-state index is -0.458. The first kappa shape index (κ1) is 22.5. The van der Waals surface area contributed by atoms with Crippen molar-refractivity contribution in [1.82, 2.24) is 4.57 Å². The van der Waals surface area contributed by atoms with E-state index in [-0.39, 0.29) is 0 Å². The first-order chi connectivity index (χ1) is 18.7. The molecule has 0 saturated carbocycles. The van der Waals surface area contributed by atoms with E-state index in [4.69, 9.17) is 0 Å². The molecule has 1 aliphatic heterocycles. The van der Waals surface area contributed by atoms with Gasteiger partial charge < -0.3 is 0 Å². The van der Waals surface area contributed by atoms with Crippen LogP contribution in [0.4, 0.5) is 0 Å².